The fourth-order valence-corrected chi connectivity index (χ4v) is 3.86. The van der Waals surface area contributed by atoms with Gasteiger partial charge in [-0.1, -0.05) is 13.8 Å². The van der Waals surface area contributed by atoms with E-state index >= 15 is 0 Å². The fraction of sp³-hybridized carbons (Fsp3) is 0.500. The van der Waals surface area contributed by atoms with E-state index in [-0.39, 0.29) is 0 Å². The molecule has 2 aromatic rings. The van der Waals surface area contributed by atoms with E-state index in [0.717, 1.165) is 24.2 Å². The van der Waals surface area contributed by atoms with E-state index in [1.54, 1.807) is 0 Å². The van der Waals surface area contributed by atoms with Crippen molar-refractivity contribution < 1.29 is 0 Å². The van der Waals surface area contributed by atoms with Crippen LogP contribution in [0.15, 0.2) is 24.4 Å². The van der Waals surface area contributed by atoms with Crippen LogP contribution in [0.1, 0.15) is 50.2 Å². The van der Waals surface area contributed by atoms with Gasteiger partial charge in [-0.15, -0.1) is 0 Å². The van der Waals surface area contributed by atoms with E-state index in [4.69, 9.17) is 5.26 Å². The highest BCUT2D eigenvalue weighted by Gasteiger charge is 2.30. The number of aromatic nitrogens is 1. The van der Waals surface area contributed by atoms with Crippen molar-refractivity contribution in [2.75, 3.05) is 13.1 Å². The summed E-state index contributed by atoms with van der Waals surface area (Å²) in [6.07, 6.45) is 5.94. The number of hydrogen-bond acceptors (Lipinski definition) is 2. The van der Waals surface area contributed by atoms with E-state index in [1.165, 1.54) is 30.2 Å². The summed E-state index contributed by atoms with van der Waals surface area (Å²) in [5.74, 6) is 0.623. The lowest BCUT2D eigenvalue weighted by atomic mass is 9.96. The van der Waals surface area contributed by atoms with Crippen molar-refractivity contribution in [3.05, 3.63) is 35.5 Å². The largest absolute Gasteiger partial charge is 0.361 e. The zero-order valence-corrected chi connectivity index (χ0v) is 12.9. The van der Waals surface area contributed by atoms with Gasteiger partial charge >= 0.3 is 0 Å². The normalized spacial score (nSPS) is 22.0. The number of benzene rings is 1. The highest BCUT2D eigenvalue weighted by Crippen LogP contribution is 2.39. The van der Waals surface area contributed by atoms with E-state index in [1.807, 2.05) is 18.2 Å². The highest BCUT2D eigenvalue weighted by atomic mass is 15.1. The first kappa shape index (κ1) is 14.2. The quantitative estimate of drug-likeness (QED) is 0.919. The van der Waals surface area contributed by atoms with Crippen molar-refractivity contribution in [2.45, 2.75) is 45.1 Å². The molecular formula is C18H23N3. The number of hydrogen-bond donors (Lipinski definition) is 1. The molecule has 1 saturated carbocycles. The first-order chi connectivity index (χ1) is 10.3. The summed E-state index contributed by atoms with van der Waals surface area (Å²) in [6.45, 7) is 6.78. The van der Waals surface area contributed by atoms with Gasteiger partial charge in [0.2, 0.25) is 0 Å². The van der Waals surface area contributed by atoms with Gasteiger partial charge in [0.25, 0.3) is 0 Å². The summed E-state index contributed by atoms with van der Waals surface area (Å²) in [5, 5.41) is 10.3. The zero-order chi connectivity index (χ0) is 14.8. The minimum absolute atomic E-state index is 0.623. The van der Waals surface area contributed by atoms with Crippen LogP contribution in [-0.2, 0) is 0 Å². The average molecular weight is 281 g/mol. The van der Waals surface area contributed by atoms with Gasteiger partial charge in [-0.2, -0.15) is 5.26 Å². The second-order valence-electron chi connectivity index (χ2n) is 6.00. The van der Waals surface area contributed by atoms with Crippen LogP contribution in [0.3, 0.4) is 0 Å². The van der Waals surface area contributed by atoms with Crippen molar-refractivity contribution in [1.29, 1.82) is 5.26 Å². The second-order valence-corrected chi connectivity index (χ2v) is 6.00. The molecule has 1 aromatic carbocycles. The second kappa shape index (κ2) is 5.91. The van der Waals surface area contributed by atoms with Gasteiger partial charge in [-0.25, -0.2) is 0 Å². The molecule has 0 amide bonds. The van der Waals surface area contributed by atoms with Crippen molar-refractivity contribution in [3.63, 3.8) is 0 Å². The van der Waals surface area contributed by atoms with Crippen LogP contribution in [0, 0.1) is 11.3 Å². The molecule has 0 radical (unpaired) electrons. The van der Waals surface area contributed by atoms with Gasteiger partial charge in [-0.05, 0) is 62.0 Å². The number of nitriles is 1. The summed E-state index contributed by atoms with van der Waals surface area (Å²) >= 11 is 0. The summed E-state index contributed by atoms with van der Waals surface area (Å²) in [5.41, 5.74) is 3.30. The SMILES string of the molecule is CCN(CC)C1CCC(c2c[nH]c3ccc(C#N)cc23)C1. The predicted octanol–water partition coefficient (Wildman–Crippen LogP) is 4.02. The van der Waals surface area contributed by atoms with Crippen LogP contribution < -0.4 is 0 Å². The van der Waals surface area contributed by atoms with Gasteiger partial charge in [-0.3, -0.25) is 0 Å². The summed E-state index contributed by atoms with van der Waals surface area (Å²) in [4.78, 5) is 5.94. The van der Waals surface area contributed by atoms with Crippen LogP contribution >= 0.6 is 0 Å². The lowest BCUT2D eigenvalue weighted by molar-refractivity contribution is 0.219. The Morgan fingerprint density at radius 1 is 1.29 bits per heavy atom. The van der Waals surface area contributed by atoms with Gasteiger partial charge in [0, 0.05) is 23.1 Å². The molecule has 2 atom stereocenters. The predicted molar refractivity (Wildman–Crippen MR) is 86.3 cm³/mol. The van der Waals surface area contributed by atoms with E-state index in [9.17, 15) is 0 Å². The van der Waals surface area contributed by atoms with Crippen molar-refractivity contribution >= 4 is 10.9 Å². The molecule has 0 aliphatic heterocycles. The molecule has 1 aliphatic carbocycles. The fourth-order valence-electron chi connectivity index (χ4n) is 3.86. The minimum atomic E-state index is 0.623. The monoisotopic (exact) mass is 281 g/mol. The van der Waals surface area contributed by atoms with Crippen LogP contribution in [0.4, 0.5) is 0 Å². The Hall–Kier alpha value is -1.79. The molecular weight excluding hydrogens is 258 g/mol. The Labute approximate surface area is 126 Å². The molecule has 3 nitrogen and oxygen atoms in total. The van der Waals surface area contributed by atoms with E-state index in [2.05, 4.69) is 36.0 Å². The number of aromatic amines is 1. The van der Waals surface area contributed by atoms with Crippen molar-refractivity contribution in [1.82, 2.24) is 9.88 Å². The molecule has 3 heteroatoms. The molecule has 21 heavy (non-hydrogen) atoms. The first-order valence-electron chi connectivity index (χ1n) is 8.02. The Bertz CT molecular complexity index is 661. The van der Waals surface area contributed by atoms with Crippen LogP contribution in [0.25, 0.3) is 10.9 Å². The maximum atomic E-state index is 9.10. The molecule has 0 saturated heterocycles. The number of fused-ring (bicyclic) bond motifs is 1. The van der Waals surface area contributed by atoms with E-state index < -0.39 is 0 Å². The third kappa shape index (κ3) is 2.56. The lowest BCUT2D eigenvalue weighted by Gasteiger charge is -2.26. The zero-order valence-electron chi connectivity index (χ0n) is 12.9. The van der Waals surface area contributed by atoms with Gasteiger partial charge < -0.3 is 9.88 Å². The molecule has 1 heterocycles. The third-order valence-corrected chi connectivity index (χ3v) is 5.02. The van der Waals surface area contributed by atoms with Crippen LogP contribution in [-0.4, -0.2) is 29.0 Å². The molecule has 1 N–H and O–H groups in total. The van der Waals surface area contributed by atoms with Gasteiger partial charge in [0.05, 0.1) is 11.6 Å². The lowest BCUT2D eigenvalue weighted by Crippen LogP contribution is -2.32. The molecule has 0 spiro atoms. The highest BCUT2D eigenvalue weighted by molar-refractivity contribution is 5.85. The molecule has 0 bridgehead atoms. The van der Waals surface area contributed by atoms with Gasteiger partial charge in [0.1, 0.15) is 0 Å². The summed E-state index contributed by atoms with van der Waals surface area (Å²) < 4.78 is 0. The first-order valence-corrected chi connectivity index (χ1v) is 8.02. The Kier molecular flexibility index (Phi) is 3.98. The third-order valence-electron chi connectivity index (χ3n) is 5.02. The standard InChI is InChI=1S/C18H23N3/c1-3-21(4-2)15-7-6-14(10-15)17-12-20-18-8-5-13(11-19)9-16(17)18/h5,8-9,12,14-15,20H,3-4,6-7,10H2,1-2H3. The number of nitrogens with one attached hydrogen (secondary N) is 1. The van der Waals surface area contributed by atoms with Crippen LogP contribution in [0.5, 0.6) is 0 Å². The molecule has 110 valence electrons. The van der Waals surface area contributed by atoms with Gasteiger partial charge in [0.15, 0.2) is 0 Å². The Morgan fingerprint density at radius 3 is 2.81 bits per heavy atom. The molecule has 3 rings (SSSR count). The number of H-pyrrole nitrogens is 1. The van der Waals surface area contributed by atoms with E-state index in [0.29, 0.717) is 12.0 Å². The summed E-state index contributed by atoms with van der Waals surface area (Å²) in [6, 6.07) is 8.91. The molecule has 2 unspecified atom stereocenters. The topological polar surface area (TPSA) is 42.8 Å². The molecule has 1 fully saturated rings. The molecule has 1 aromatic heterocycles. The maximum absolute atomic E-state index is 9.10. The summed E-state index contributed by atoms with van der Waals surface area (Å²) in [7, 11) is 0. The minimum Gasteiger partial charge on any atom is -0.361 e. The van der Waals surface area contributed by atoms with Crippen molar-refractivity contribution in [2.24, 2.45) is 0 Å². The molecule has 1 aliphatic rings. The number of rotatable bonds is 4. The Morgan fingerprint density at radius 2 is 2.10 bits per heavy atom. The van der Waals surface area contributed by atoms with Crippen molar-refractivity contribution in [3.8, 4) is 6.07 Å². The maximum Gasteiger partial charge on any atom is 0.0991 e. The smallest absolute Gasteiger partial charge is 0.0991 e. The average Bonchev–Trinajstić information content (AvgIpc) is 3.14. The van der Waals surface area contributed by atoms with Crippen LogP contribution in [0.2, 0.25) is 0 Å². The Balaban J connectivity index is 1.87. The number of nitrogens with zero attached hydrogens (tertiary/aromatic N) is 2.